The van der Waals surface area contributed by atoms with Gasteiger partial charge in [-0.1, -0.05) is 6.07 Å². The Hall–Kier alpha value is -1.43. The van der Waals surface area contributed by atoms with Crippen LogP contribution in [-0.2, 0) is 21.1 Å². The average Bonchev–Trinajstić information content (AvgIpc) is 2.66. The second kappa shape index (κ2) is 11.1. The van der Waals surface area contributed by atoms with Gasteiger partial charge in [-0.2, -0.15) is 0 Å². The quantitative estimate of drug-likeness (QED) is 0.333. The molecule has 0 spiro atoms. The van der Waals surface area contributed by atoms with Crippen LogP contribution in [0.1, 0.15) is 26.5 Å². The molecule has 1 aliphatic heterocycles. The monoisotopic (exact) mass is 537 g/mol. The summed E-state index contributed by atoms with van der Waals surface area (Å²) in [5.74, 6) is 0.578. The van der Waals surface area contributed by atoms with E-state index in [0.717, 1.165) is 5.69 Å². The van der Waals surface area contributed by atoms with E-state index in [1.165, 1.54) is 0 Å². The van der Waals surface area contributed by atoms with Crippen LogP contribution in [0, 0.1) is 0 Å². The summed E-state index contributed by atoms with van der Waals surface area (Å²) in [5.41, 5.74) is 0.941. The number of aliphatic imine (C=N–C) groups is 1. The van der Waals surface area contributed by atoms with Crippen LogP contribution in [0.25, 0.3) is 0 Å². The highest BCUT2D eigenvalue weighted by Crippen LogP contribution is 2.23. The number of nitrogens with zero attached hydrogens (tertiary/aromatic N) is 4. The molecule has 0 atom stereocenters. The molecule has 0 aromatic carbocycles. The van der Waals surface area contributed by atoms with Crippen LogP contribution in [0.4, 0.5) is 0 Å². The lowest BCUT2D eigenvalue weighted by molar-refractivity contribution is -0.128. The molecule has 1 aromatic heterocycles. The van der Waals surface area contributed by atoms with Crippen LogP contribution in [0.3, 0.4) is 0 Å². The Morgan fingerprint density at radius 1 is 1.38 bits per heavy atom. The highest BCUT2D eigenvalue weighted by Gasteiger charge is 2.41. The fourth-order valence-corrected chi connectivity index (χ4v) is 4.33. The van der Waals surface area contributed by atoms with Gasteiger partial charge in [0.2, 0.25) is 5.91 Å². The van der Waals surface area contributed by atoms with E-state index in [1.807, 2.05) is 30.0 Å². The number of nitrogens with one attached hydrogen (secondary N) is 1. The molecule has 1 aliphatic rings. The van der Waals surface area contributed by atoms with E-state index in [9.17, 15) is 13.2 Å². The summed E-state index contributed by atoms with van der Waals surface area (Å²) in [7, 11) is -1.37. The first-order chi connectivity index (χ1) is 13.2. The Labute approximate surface area is 191 Å². The zero-order valence-corrected chi connectivity index (χ0v) is 20.7. The number of guanidine groups is 1. The van der Waals surface area contributed by atoms with Crippen molar-refractivity contribution in [2.45, 2.75) is 31.9 Å². The number of likely N-dealkylation sites (N-methyl/N-ethyl adjacent to an activating group) is 1. The number of aromatic nitrogens is 1. The fourth-order valence-electron chi connectivity index (χ4n) is 2.97. The minimum atomic E-state index is -3.13. The zero-order valence-electron chi connectivity index (χ0n) is 17.6. The van der Waals surface area contributed by atoms with Gasteiger partial charge in [0.05, 0.1) is 10.5 Å². The smallest absolute Gasteiger partial charge is 0.244 e. The Kier molecular flexibility index (Phi) is 9.80. The van der Waals surface area contributed by atoms with E-state index in [4.69, 9.17) is 0 Å². The number of pyridine rings is 1. The summed E-state index contributed by atoms with van der Waals surface area (Å²) in [6.07, 6.45) is 2.43. The van der Waals surface area contributed by atoms with Crippen LogP contribution in [-0.4, -0.2) is 85.3 Å². The van der Waals surface area contributed by atoms with Gasteiger partial charge in [0.25, 0.3) is 0 Å². The van der Waals surface area contributed by atoms with Crippen molar-refractivity contribution in [3.63, 3.8) is 0 Å². The van der Waals surface area contributed by atoms with E-state index < -0.39 is 14.6 Å². The zero-order chi connectivity index (χ0) is 20.8. The molecule has 10 heteroatoms. The highest BCUT2D eigenvalue weighted by atomic mass is 127. The van der Waals surface area contributed by atoms with E-state index in [2.05, 4.69) is 15.3 Å². The first-order valence-electron chi connectivity index (χ1n) is 9.56. The largest absolute Gasteiger partial charge is 0.357 e. The molecule has 8 nitrogen and oxygen atoms in total. The molecule has 1 N–H and O–H groups in total. The van der Waals surface area contributed by atoms with Crippen molar-refractivity contribution in [3.8, 4) is 0 Å². The maximum Gasteiger partial charge on any atom is 0.244 e. The van der Waals surface area contributed by atoms with Gasteiger partial charge in [0, 0.05) is 51.5 Å². The number of rotatable bonds is 6. The Morgan fingerprint density at radius 3 is 2.69 bits per heavy atom. The maximum absolute atomic E-state index is 12.4. The first-order valence-corrected chi connectivity index (χ1v) is 11.2. The van der Waals surface area contributed by atoms with Crippen molar-refractivity contribution in [1.29, 1.82) is 0 Å². The third-order valence-electron chi connectivity index (χ3n) is 4.90. The summed E-state index contributed by atoms with van der Waals surface area (Å²) in [4.78, 5) is 24.7. The molecule has 2 rings (SSSR count). The van der Waals surface area contributed by atoms with Crippen molar-refractivity contribution < 1.29 is 13.2 Å². The molecular weight excluding hydrogens is 505 g/mol. The van der Waals surface area contributed by atoms with E-state index >= 15 is 0 Å². The van der Waals surface area contributed by atoms with Gasteiger partial charge >= 0.3 is 0 Å². The van der Waals surface area contributed by atoms with Crippen molar-refractivity contribution in [1.82, 2.24) is 20.1 Å². The van der Waals surface area contributed by atoms with Crippen LogP contribution in [0.2, 0.25) is 0 Å². The van der Waals surface area contributed by atoms with Crippen LogP contribution in [0.15, 0.2) is 29.4 Å². The molecular formula is C19H32IN5O3S. The van der Waals surface area contributed by atoms with Gasteiger partial charge in [-0.25, -0.2) is 13.4 Å². The van der Waals surface area contributed by atoms with Crippen molar-refractivity contribution >= 4 is 45.7 Å². The second-order valence-electron chi connectivity index (χ2n) is 7.56. The SMILES string of the molecule is CCNC(=NCC(=O)N(C)CCc1ccccn1)N1CCS(=O)(=O)C(C)(C)C1.I. The van der Waals surface area contributed by atoms with Crippen molar-refractivity contribution in [2.24, 2.45) is 4.99 Å². The standard InChI is InChI=1S/C19H31N5O3S.HI/c1-5-20-18(24-12-13-28(26,27)19(2,3)15-24)22-14-17(25)23(4)11-9-16-8-6-7-10-21-16;/h6-8,10H,5,9,11-15H2,1-4H3,(H,20,22);1H. The third kappa shape index (κ3) is 7.09. The molecule has 2 heterocycles. The summed E-state index contributed by atoms with van der Waals surface area (Å²) in [5, 5.41) is 3.17. The van der Waals surface area contributed by atoms with Gasteiger partial charge in [-0.05, 0) is 32.9 Å². The molecule has 0 bridgehead atoms. The predicted molar refractivity (Wildman–Crippen MR) is 126 cm³/mol. The summed E-state index contributed by atoms with van der Waals surface area (Å²) in [6, 6.07) is 5.73. The molecule has 164 valence electrons. The van der Waals surface area contributed by atoms with Crippen molar-refractivity contribution in [2.75, 3.05) is 45.5 Å². The molecule has 0 aliphatic carbocycles. The average molecular weight is 537 g/mol. The van der Waals surface area contributed by atoms with Gasteiger partial charge in [-0.3, -0.25) is 9.78 Å². The second-order valence-corrected chi connectivity index (χ2v) is 10.3. The first kappa shape index (κ1) is 25.6. The normalized spacial score (nSPS) is 17.9. The lowest BCUT2D eigenvalue weighted by Gasteiger charge is -2.39. The van der Waals surface area contributed by atoms with Crippen LogP contribution < -0.4 is 5.32 Å². The molecule has 0 saturated carbocycles. The Balaban J connectivity index is 0.00000420. The van der Waals surface area contributed by atoms with Gasteiger partial charge in [0.15, 0.2) is 15.8 Å². The molecule has 1 amide bonds. The highest BCUT2D eigenvalue weighted by molar-refractivity contribution is 14.0. The molecule has 29 heavy (non-hydrogen) atoms. The fraction of sp³-hybridized carbons (Fsp3) is 0.632. The molecule has 0 unspecified atom stereocenters. The van der Waals surface area contributed by atoms with Gasteiger partial charge < -0.3 is 15.1 Å². The van der Waals surface area contributed by atoms with E-state index in [1.54, 1.807) is 32.0 Å². The minimum absolute atomic E-state index is 0. The van der Waals surface area contributed by atoms with Crippen molar-refractivity contribution in [3.05, 3.63) is 30.1 Å². The van der Waals surface area contributed by atoms with E-state index in [0.29, 0.717) is 38.6 Å². The van der Waals surface area contributed by atoms with Crippen LogP contribution in [0.5, 0.6) is 0 Å². The number of carbonyl (C=O) groups is 1. The topological polar surface area (TPSA) is 95.0 Å². The molecule has 1 saturated heterocycles. The Bertz CT molecular complexity index is 799. The Morgan fingerprint density at radius 2 is 2.10 bits per heavy atom. The lowest BCUT2D eigenvalue weighted by Crippen LogP contribution is -2.57. The number of hydrogen-bond acceptors (Lipinski definition) is 5. The number of halogens is 1. The number of amides is 1. The molecule has 0 radical (unpaired) electrons. The predicted octanol–water partition coefficient (Wildman–Crippen LogP) is 1.17. The summed E-state index contributed by atoms with van der Waals surface area (Å²) >= 11 is 0. The summed E-state index contributed by atoms with van der Waals surface area (Å²) in [6.45, 7) is 7.37. The van der Waals surface area contributed by atoms with Gasteiger partial charge in [0.1, 0.15) is 6.54 Å². The third-order valence-corrected chi connectivity index (χ3v) is 7.43. The molecule has 1 aromatic rings. The minimum Gasteiger partial charge on any atom is -0.357 e. The number of sulfone groups is 1. The number of carbonyl (C=O) groups excluding carboxylic acids is 1. The summed E-state index contributed by atoms with van der Waals surface area (Å²) < 4.78 is 23.6. The molecule has 1 fully saturated rings. The lowest BCUT2D eigenvalue weighted by atomic mass is 10.2. The maximum atomic E-state index is 12.4. The van der Waals surface area contributed by atoms with Crippen LogP contribution >= 0.6 is 24.0 Å². The number of hydrogen-bond donors (Lipinski definition) is 1. The van der Waals surface area contributed by atoms with Gasteiger partial charge in [-0.15, -0.1) is 24.0 Å². The van der Waals surface area contributed by atoms with E-state index in [-0.39, 0.29) is 42.2 Å².